The fourth-order valence-electron chi connectivity index (χ4n) is 5.23. The van der Waals surface area contributed by atoms with E-state index >= 15 is 4.39 Å². The van der Waals surface area contributed by atoms with Crippen LogP contribution in [0.25, 0.3) is 11.1 Å². The van der Waals surface area contributed by atoms with Gasteiger partial charge in [0.05, 0.1) is 18.2 Å². The molecule has 2 aromatic carbocycles. The van der Waals surface area contributed by atoms with Crippen LogP contribution < -0.4 is 4.72 Å². The topological polar surface area (TPSA) is 86.7 Å². The summed E-state index contributed by atoms with van der Waals surface area (Å²) < 4.78 is 110. The van der Waals surface area contributed by atoms with Crippen LogP contribution in [-0.4, -0.2) is 60.0 Å². The zero-order valence-electron chi connectivity index (χ0n) is 20.4. The van der Waals surface area contributed by atoms with E-state index in [1.54, 1.807) is 0 Å². The fraction of sp³-hybridized carbons (Fsp3) is 0.480. The van der Waals surface area contributed by atoms with Crippen LogP contribution in [0.15, 0.2) is 36.4 Å². The van der Waals surface area contributed by atoms with Crippen LogP contribution >= 0.6 is 0 Å². The summed E-state index contributed by atoms with van der Waals surface area (Å²) in [5.74, 6) is -4.73. The van der Waals surface area contributed by atoms with E-state index in [2.05, 4.69) is 4.72 Å². The van der Waals surface area contributed by atoms with Gasteiger partial charge in [0.1, 0.15) is 23.1 Å². The number of hydrogen-bond acceptors (Lipinski definition) is 4. The third-order valence-electron chi connectivity index (χ3n) is 7.01. The van der Waals surface area contributed by atoms with Crippen LogP contribution in [0.2, 0.25) is 0 Å². The molecule has 13 heteroatoms. The number of carbonyl (C=O) groups is 1. The predicted octanol–water partition coefficient (Wildman–Crippen LogP) is 3.92. The first-order valence-corrected chi connectivity index (χ1v) is 13.5. The van der Waals surface area contributed by atoms with Crippen LogP contribution in [0.4, 0.5) is 26.3 Å². The van der Waals surface area contributed by atoms with Crippen molar-refractivity contribution < 1.29 is 44.7 Å². The predicted molar refractivity (Wildman–Crippen MR) is 126 cm³/mol. The smallest absolute Gasteiger partial charge is 0.380 e. The molecular weight excluding hydrogens is 538 g/mol. The van der Waals surface area contributed by atoms with Crippen molar-refractivity contribution in [1.82, 2.24) is 9.62 Å². The van der Waals surface area contributed by atoms with Gasteiger partial charge in [0.15, 0.2) is 0 Å². The van der Waals surface area contributed by atoms with E-state index in [-0.39, 0.29) is 28.9 Å². The molecule has 1 aliphatic heterocycles. The Balaban J connectivity index is 1.73. The van der Waals surface area contributed by atoms with Crippen molar-refractivity contribution in [1.29, 1.82) is 0 Å². The highest BCUT2D eigenvalue weighted by atomic mass is 32.2. The van der Waals surface area contributed by atoms with Crippen LogP contribution in [0, 0.1) is 23.4 Å². The molecule has 5 atom stereocenters. The van der Waals surface area contributed by atoms with Gasteiger partial charge in [0, 0.05) is 23.7 Å². The van der Waals surface area contributed by atoms with Gasteiger partial charge in [0.25, 0.3) is 5.91 Å². The Morgan fingerprint density at radius 1 is 1.13 bits per heavy atom. The standard InChI is InChI=1S/C25H26F6N2O4S/c1-3-38(36,37)32-22-18-11-19(18)33(23(34)24(2,35)12-25(29,30)31)20(22)9-13-5-4-6-17(21(13)28)14-7-15(26)10-16(27)8-14/h4-8,10,18-20,22,32,35H,3,9,11-12H2,1-2H3/t18?,19?,20?,22?,24-/m1/s1. The van der Waals surface area contributed by atoms with Crippen LogP contribution in [0.1, 0.15) is 32.3 Å². The van der Waals surface area contributed by atoms with Crippen LogP contribution in [-0.2, 0) is 21.2 Å². The van der Waals surface area contributed by atoms with Crippen molar-refractivity contribution >= 4 is 15.9 Å². The molecule has 0 bridgehead atoms. The molecule has 6 nitrogen and oxygen atoms in total. The second-order valence-corrected chi connectivity index (χ2v) is 12.0. The summed E-state index contributed by atoms with van der Waals surface area (Å²) in [4.78, 5) is 14.3. The van der Waals surface area contributed by atoms with Crippen molar-refractivity contribution in [3.8, 4) is 11.1 Å². The average Bonchev–Trinajstić information content (AvgIpc) is 3.50. The molecule has 2 aliphatic rings. The number of carbonyl (C=O) groups excluding carboxylic acids is 1. The van der Waals surface area contributed by atoms with E-state index in [9.17, 15) is 40.3 Å². The lowest BCUT2D eigenvalue weighted by Crippen LogP contribution is -2.57. The Labute approximate surface area is 215 Å². The van der Waals surface area contributed by atoms with E-state index in [0.29, 0.717) is 12.5 Å². The lowest BCUT2D eigenvalue weighted by molar-refractivity contribution is -0.188. The number of likely N-dealkylation sites (tertiary alicyclic amines) is 1. The Bertz CT molecular complexity index is 1330. The van der Waals surface area contributed by atoms with Gasteiger partial charge in [-0.05, 0) is 55.9 Å². The second-order valence-electron chi connectivity index (χ2n) is 10.0. The van der Waals surface area contributed by atoms with E-state index in [1.165, 1.54) is 25.1 Å². The van der Waals surface area contributed by atoms with Gasteiger partial charge in [-0.2, -0.15) is 13.2 Å². The molecule has 0 radical (unpaired) electrons. The number of nitrogens with zero attached hydrogens (tertiary/aromatic N) is 1. The minimum absolute atomic E-state index is 0.0487. The summed E-state index contributed by atoms with van der Waals surface area (Å²) in [6.45, 7) is 2.12. The number of amides is 1. The van der Waals surface area contributed by atoms with Gasteiger partial charge in [-0.25, -0.2) is 26.3 Å². The summed E-state index contributed by atoms with van der Waals surface area (Å²) >= 11 is 0. The quantitative estimate of drug-likeness (QED) is 0.476. The first kappa shape index (κ1) is 28.4. The van der Waals surface area contributed by atoms with Gasteiger partial charge >= 0.3 is 6.18 Å². The van der Waals surface area contributed by atoms with Gasteiger partial charge < -0.3 is 10.0 Å². The molecule has 1 saturated carbocycles. The van der Waals surface area contributed by atoms with Gasteiger partial charge in [-0.1, -0.05) is 18.2 Å². The lowest BCUT2D eigenvalue weighted by Gasteiger charge is -2.37. The molecule has 2 fully saturated rings. The fourth-order valence-corrected chi connectivity index (χ4v) is 6.15. The molecular formula is C25H26F6N2O4S. The zero-order chi connectivity index (χ0) is 28.2. The van der Waals surface area contributed by atoms with Crippen molar-refractivity contribution in [2.45, 2.75) is 63.0 Å². The highest BCUT2D eigenvalue weighted by molar-refractivity contribution is 7.89. The van der Waals surface area contributed by atoms with Crippen molar-refractivity contribution in [2.75, 3.05) is 5.75 Å². The zero-order valence-corrected chi connectivity index (χ0v) is 21.2. The maximum atomic E-state index is 15.6. The molecule has 4 unspecified atom stereocenters. The molecule has 2 aromatic rings. The molecule has 1 saturated heterocycles. The van der Waals surface area contributed by atoms with E-state index < -0.39 is 75.6 Å². The Morgan fingerprint density at radius 2 is 1.76 bits per heavy atom. The van der Waals surface area contributed by atoms with E-state index in [0.717, 1.165) is 24.0 Å². The van der Waals surface area contributed by atoms with E-state index in [1.807, 2.05) is 0 Å². The van der Waals surface area contributed by atoms with Crippen molar-refractivity contribution in [2.24, 2.45) is 5.92 Å². The molecule has 1 heterocycles. The van der Waals surface area contributed by atoms with Crippen molar-refractivity contribution in [3.05, 3.63) is 59.4 Å². The maximum absolute atomic E-state index is 15.6. The molecule has 208 valence electrons. The molecule has 0 aromatic heterocycles. The summed E-state index contributed by atoms with van der Waals surface area (Å²) in [5, 5.41) is 10.5. The van der Waals surface area contributed by atoms with Gasteiger partial charge in [-0.15, -0.1) is 0 Å². The minimum Gasteiger partial charge on any atom is -0.380 e. The maximum Gasteiger partial charge on any atom is 0.392 e. The number of nitrogens with one attached hydrogen (secondary N) is 1. The number of piperidine rings is 1. The number of halogens is 6. The number of hydrogen-bond donors (Lipinski definition) is 2. The van der Waals surface area contributed by atoms with Crippen LogP contribution in [0.3, 0.4) is 0 Å². The SMILES string of the molecule is CCS(=O)(=O)NC1C2CC2N(C(=O)[C@](C)(O)CC(F)(F)F)C1Cc1cccc(-c2cc(F)cc(F)c2)c1F. The Morgan fingerprint density at radius 3 is 2.34 bits per heavy atom. The molecule has 1 amide bonds. The van der Waals surface area contributed by atoms with Gasteiger partial charge in [-0.3, -0.25) is 4.79 Å². The number of fused-ring (bicyclic) bond motifs is 1. The normalized spacial score (nSPS) is 24.7. The number of aliphatic hydroxyl groups is 1. The molecule has 2 N–H and O–H groups in total. The summed E-state index contributed by atoms with van der Waals surface area (Å²) in [7, 11) is -3.83. The number of rotatable bonds is 8. The summed E-state index contributed by atoms with van der Waals surface area (Å²) in [6, 6.07) is 3.80. The second kappa shape index (κ2) is 9.83. The molecule has 0 spiro atoms. The monoisotopic (exact) mass is 564 g/mol. The van der Waals surface area contributed by atoms with Gasteiger partial charge in [0.2, 0.25) is 10.0 Å². The van der Waals surface area contributed by atoms with Crippen LogP contribution in [0.5, 0.6) is 0 Å². The largest absolute Gasteiger partial charge is 0.392 e. The minimum atomic E-state index is -4.86. The highest BCUT2D eigenvalue weighted by Crippen LogP contribution is 2.50. The number of alkyl halides is 3. The molecule has 1 aliphatic carbocycles. The summed E-state index contributed by atoms with van der Waals surface area (Å²) in [5.41, 5.74) is -3.13. The summed E-state index contributed by atoms with van der Waals surface area (Å²) in [6.07, 6.45) is -6.71. The Kier molecular flexibility index (Phi) is 7.34. The molecule has 4 rings (SSSR count). The highest BCUT2D eigenvalue weighted by Gasteiger charge is 2.63. The number of sulfonamides is 1. The Hall–Kier alpha value is -2.64. The average molecular weight is 565 g/mol. The lowest BCUT2D eigenvalue weighted by atomic mass is 9.93. The first-order valence-electron chi connectivity index (χ1n) is 11.9. The first-order chi connectivity index (χ1) is 17.5. The molecule has 38 heavy (non-hydrogen) atoms. The number of benzene rings is 2. The third-order valence-corrected chi connectivity index (χ3v) is 8.40. The van der Waals surface area contributed by atoms with Crippen molar-refractivity contribution in [3.63, 3.8) is 0 Å². The third kappa shape index (κ3) is 5.84. The van der Waals surface area contributed by atoms with E-state index in [4.69, 9.17) is 0 Å².